The molecule has 0 unspecified atom stereocenters. The molecule has 0 saturated carbocycles. The highest BCUT2D eigenvalue weighted by Crippen LogP contribution is 2.21. The molecule has 2 rings (SSSR count). The Morgan fingerprint density at radius 2 is 2.18 bits per heavy atom. The highest BCUT2D eigenvalue weighted by molar-refractivity contribution is 6.28. The fraction of sp³-hybridized carbons (Fsp3) is 0.429. The van der Waals surface area contributed by atoms with Crippen LogP contribution in [0.1, 0.15) is 17.0 Å². The Hall–Kier alpha value is -0.670. The van der Waals surface area contributed by atoms with E-state index in [1.807, 2.05) is 6.92 Å². The highest BCUT2D eigenvalue weighted by atomic mass is 35.5. The number of aryl methyl sites for hydroxylation is 1. The summed E-state index contributed by atoms with van der Waals surface area (Å²) in [7, 11) is 0. The number of hydrogen-bond acceptors (Lipinski definition) is 3. The first kappa shape index (κ1) is 7.00. The fourth-order valence-corrected chi connectivity index (χ4v) is 1.40. The number of nitrogens with zero attached hydrogens (tertiary/aromatic N) is 2. The van der Waals surface area contributed by atoms with Crippen LogP contribution in [0.3, 0.4) is 0 Å². The van der Waals surface area contributed by atoms with E-state index in [0.717, 1.165) is 17.0 Å². The van der Waals surface area contributed by atoms with Crippen LogP contribution < -0.4 is 0 Å². The molecule has 0 amide bonds. The van der Waals surface area contributed by atoms with E-state index >= 15 is 0 Å². The topological polar surface area (TPSA) is 35.0 Å². The number of ether oxygens (including phenoxy) is 1. The summed E-state index contributed by atoms with van der Waals surface area (Å²) in [6.07, 6.45) is 0. The number of hydrogen-bond donors (Lipinski definition) is 0. The molecule has 0 saturated heterocycles. The summed E-state index contributed by atoms with van der Waals surface area (Å²) in [5.74, 6) is 0. The lowest BCUT2D eigenvalue weighted by molar-refractivity contribution is 0.133. The van der Waals surface area contributed by atoms with Gasteiger partial charge in [0, 0.05) is 11.3 Å². The van der Waals surface area contributed by atoms with Crippen molar-refractivity contribution in [3.8, 4) is 0 Å². The van der Waals surface area contributed by atoms with Crippen molar-refractivity contribution < 1.29 is 4.74 Å². The minimum absolute atomic E-state index is 0.312. The van der Waals surface area contributed by atoms with E-state index < -0.39 is 0 Å². The second-order valence-corrected chi connectivity index (χ2v) is 2.83. The maximum atomic E-state index is 5.65. The number of rotatable bonds is 0. The third-order valence-corrected chi connectivity index (χ3v) is 1.93. The largest absolute Gasteiger partial charge is 0.370 e. The molecule has 0 atom stereocenters. The van der Waals surface area contributed by atoms with Crippen molar-refractivity contribution in [3.05, 3.63) is 22.2 Å². The summed E-state index contributed by atoms with van der Waals surface area (Å²) in [5, 5.41) is 0.312. The van der Waals surface area contributed by atoms with E-state index in [1.54, 1.807) is 0 Å². The third kappa shape index (κ3) is 1.10. The van der Waals surface area contributed by atoms with E-state index in [4.69, 9.17) is 16.3 Å². The quantitative estimate of drug-likeness (QED) is 0.553. The van der Waals surface area contributed by atoms with Gasteiger partial charge in [-0.05, 0) is 18.5 Å². The van der Waals surface area contributed by atoms with Gasteiger partial charge in [0.1, 0.15) is 0 Å². The Kier molecular flexibility index (Phi) is 1.55. The molecule has 2 heterocycles. The summed E-state index contributed by atoms with van der Waals surface area (Å²) in [5.41, 5.74) is 2.95. The van der Waals surface area contributed by atoms with Gasteiger partial charge >= 0.3 is 0 Å². The van der Waals surface area contributed by atoms with Gasteiger partial charge < -0.3 is 4.74 Å². The van der Waals surface area contributed by atoms with E-state index in [-0.39, 0.29) is 0 Å². The molecule has 1 aliphatic heterocycles. The van der Waals surface area contributed by atoms with Gasteiger partial charge in [0.05, 0.1) is 18.9 Å². The van der Waals surface area contributed by atoms with Gasteiger partial charge in [0.2, 0.25) is 5.28 Å². The Balaban J connectivity index is 2.60. The Bertz CT molecular complexity index is 301. The molecule has 4 heteroatoms. The van der Waals surface area contributed by atoms with Crippen LogP contribution in [-0.4, -0.2) is 9.97 Å². The van der Waals surface area contributed by atoms with Crippen LogP contribution in [0.5, 0.6) is 0 Å². The maximum Gasteiger partial charge on any atom is 0.222 e. The van der Waals surface area contributed by atoms with Crippen molar-refractivity contribution in [2.24, 2.45) is 0 Å². The van der Waals surface area contributed by atoms with Crippen molar-refractivity contribution in [3.63, 3.8) is 0 Å². The van der Waals surface area contributed by atoms with Crippen LogP contribution in [0.2, 0.25) is 5.28 Å². The number of fused-ring (bicyclic) bond motifs is 1. The second-order valence-electron chi connectivity index (χ2n) is 2.50. The molecule has 0 fully saturated rings. The highest BCUT2D eigenvalue weighted by Gasteiger charge is 2.16. The van der Waals surface area contributed by atoms with Crippen molar-refractivity contribution in [1.29, 1.82) is 0 Å². The molecule has 1 aliphatic rings. The van der Waals surface area contributed by atoms with Gasteiger partial charge in [0.25, 0.3) is 0 Å². The van der Waals surface area contributed by atoms with Crippen LogP contribution in [0.25, 0.3) is 0 Å². The van der Waals surface area contributed by atoms with Gasteiger partial charge in [0.15, 0.2) is 0 Å². The predicted molar refractivity (Wildman–Crippen MR) is 40.3 cm³/mol. The predicted octanol–water partition coefficient (Wildman–Crippen LogP) is 1.47. The summed E-state index contributed by atoms with van der Waals surface area (Å²) in [4.78, 5) is 8.06. The summed E-state index contributed by atoms with van der Waals surface area (Å²) in [6.45, 7) is 3.11. The average molecular weight is 171 g/mol. The van der Waals surface area contributed by atoms with E-state index in [2.05, 4.69) is 9.97 Å². The van der Waals surface area contributed by atoms with Crippen molar-refractivity contribution >= 4 is 11.6 Å². The second kappa shape index (κ2) is 2.43. The Morgan fingerprint density at radius 3 is 3.00 bits per heavy atom. The lowest BCUT2D eigenvalue weighted by Crippen LogP contribution is -1.96. The van der Waals surface area contributed by atoms with E-state index in [1.165, 1.54) is 0 Å². The van der Waals surface area contributed by atoms with Crippen molar-refractivity contribution in [2.75, 3.05) is 0 Å². The van der Waals surface area contributed by atoms with Crippen LogP contribution >= 0.6 is 11.6 Å². The normalized spacial score (nSPS) is 15.1. The van der Waals surface area contributed by atoms with Gasteiger partial charge in [-0.3, -0.25) is 0 Å². The molecule has 0 radical (unpaired) electrons. The molecule has 1 aromatic rings. The van der Waals surface area contributed by atoms with Crippen LogP contribution in [-0.2, 0) is 18.0 Å². The molecule has 0 aromatic carbocycles. The molecular formula is C7H7ClN2O. The average Bonchev–Trinajstić information content (AvgIpc) is 2.34. The lowest BCUT2D eigenvalue weighted by atomic mass is 10.2. The first-order valence-corrected chi connectivity index (χ1v) is 3.75. The zero-order valence-corrected chi connectivity index (χ0v) is 6.85. The molecule has 1 aromatic heterocycles. The Labute approximate surface area is 69.4 Å². The minimum Gasteiger partial charge on any atom is -0.370 e. The monoisotopic (exact) mass is 170 g/mol. The third-order valence-electron chi connectivity index (χ3n) is 1.76. The van der Waals surface area contributed by atoms with Gasteiger partial charge in [-0.15, -0.1) is 0 Å². The lowest BCUT2D eigenvalue weighted by Gasteiger charge is -1.99. The maximum absolute atomic E-state index is 5.65. The fourth-order valence-electron chi connectivity index (χ4n) is 1.18. The smallest absolute Gasteiger partial charge is 0.222 e. The van der Waals surface area contributed by atoms with Crippen molar-refractivity contribution in [1.82, 2.24) is 9.97 Å². The summed E-state index contributed by atoms with van der Waals surface area (Å²) in [6, 6.07) is 0. The molecule has 0 bridgehead atoms. The summed E-state index contributed by atoms with van der Waals surface area (Å²) >= 11 is 5.65. The molecule has 58 valence electrons. The molecule has 3 nitrogen and oxygen atoms in total. The SMILES string of the molecule is Cc1nc(Cl)nc2c1COC2. The van der Waals surface area contributed by atoms with Gasteiger partial charge in [-0.1, -0.05) is 0 Å². The molecular weight excluding hydrogens is 164 g/mol. The minimum atomic E-state index is 0.312. The van der Waals surface area contributed by atoms with Crippen LogP contribution in [0.4, 0.5) is 0 Å². The molecule has 0 spiro atoms. The molecule has 11 heavy (non-hydrogen) atoms. The van der Waals surface area contributed by atoms with Crippen molar-refractivity contribution in [2.45, 2.75) is 20.1 Å². The van der Waals surface area contributed by atoms with Gasteiger partial charge in [-0.2, -0.15) is 0 Å². The first-order chi connectivity index (χ1) is 5.27. The Morgan fingerprint density at radius 1 is 1.36 bits per heavy atom. The van der Waals surface area contributed by atoms with E-state index in [9.17, 15) is 0 Å². The number of halogens is 1. The first-order valence-electron chi connectivity index (χ1n) is 3.37. The molecule has 0 aliphatic carbocycles. The molecule has 0 N–H and O–H groups in total. The van der Waals surface area contributed by atoms with Crippen LogP contribution in [0, 0.1) is 6.92 Å². The summed E-state index contributed by atoms with van der Waals surface area (Å²) < 4.78 is 5.19. The van der Waals surface area contributed by atoms with E-state index in [0.29, 0.717) is 18.5 Å². The van der Waals surface area contributed by atoms with Gasteiger partial charge in [-0.25, -0.2) is 9.97 Å². The van der Waals surface area contributed by atoms with Crippen LogP contribution in [0.15, 0.2) is 0 Å². The number of aromatic nitrogens is 2. The zero-order chi connectivity index (χ0) is 7.84. The zero-order valence-electron chi connectivity index (χ0n) is 6.09. The standard InChI is InChI=1S/C7H7ClN2O/c1-4-5-2-11-3-6(5)10-7(8)9-4/h2-3H2,1H3.